The van der Waals surface area contributed by atoms with E-state index < -0.39 is 15.7 Å². The van der Waals surface area contributed by atoms with Gasteiger partial charge in [0.1, 0.15) is 11.4 Å². The van der Waals surface area contributed by atoms with Gasteiger partial charge in [0.05, 0.1) is 23.6 Å². The number of benzene rings is 1. The van der Waals surface area contributed by atoms with Crippen LogP contribution in [0.25, 0.3) is 0 Å². The molecule has 2 aromatic rings. The van der Waals surface area contributed by atoms with Crippen molar-refractivity contribution in [3.05, 3.63) is 47.2 Å². The number of nitrogens with zero attached hydrogens (tertiary/aromatic N) is 1. The Morgan fingerprint density at radius 3 is 2.69 bits per heavy atom. The molecule has 7 nitrogen and oxygen atoms in total. The summed E-state index contributed by atoms with van der Waals surface area (Å²) in [5, 5.41) is 6.33. The molecule has 0 aliphatic carbocycles. The number of hydrogen-bond donors (Lipinski definition) is 2. The monoisotopic (exact) mass is 395 g/mol. The SMILES string of the molecule is COc1ccc(Nc2ccnc(C(=O)NC3CCS(=O)(=O)C3)c2)cc1Cl. The summed E-state index contributed by atoms with van der Waals surface area (Å²) < 4.78 is 28.1. The van der Waals surface area contributed by atoms with E-state index in [-0.39, 0.29) is 23.2 Å². The molecule has 1 aromatic carbocycles. The summed E-state index contributed by atoms with van der Waals surface area (Å²) in [5.41, 5.74) is 1.60. The van der Waals surface area contributed by atoms with Gasteiger partial charge in [-0.2, -0.15) is 0 Å². The zero-order valence-electron chi connectivity index (χ0n) is 14.0. The normalized spacial score (nSPS) is 18.3. The van der Waals surface area contributed by atoms with E-state index in [1.807, 2.05) is 0 Å². The molecule has 1 aromatic heterocycles. The maximum absolute atomic E-state index is 12.3. The van der Waals surface area contributed by atoms with Crippen molar-refractivity contribution in [3.63, 3.8) is 0 Å². The molecule has 0 bridgehead atoms. The fourth-order valence-electron chi connectivity index (χ4n) is 2.71. The third kappa shape index (κ3) is 4.44. The van der Waals surface area contributed by atoms with Crippen LogP contribution in [0.2, 0.25) is 5.02 Å². The first-order valence-corrected chi connectivity index (χ1v) is 10.1. The zero-order chi connectivity index (χ0) is 18.7. The van der Waals surface area contributed by atoms with Crippen molar-refractivity contribution in [1.29, 1.82) is 0 Å². The van der Waals surface area contributed by atoms with E-state index >= 15 is 0 Å². The van der Waals surface area contributed by atoms with Crippen molar-refractivity contribution in [2.45, 2.75) is 12.5 Å². The summed E-state index contributed by atoms with van der Waals surface area (Å²) >= 11 is 6.11. The maximum Gasteiger partial charge on any atom is 0.270 e. The van der Waals surface area contributed by atoms with Gasteiger partial charge in [-0.15, -0.1) is 0 Å². The Morgan fingerprint density at radius 1 is 1.27 bits per heavy atom. The van der Waals surface area contributed by atoms with Crippen LogP contribution in [0, 0.1) is 0 Å². The number of hydrogen-bond acceptors (Lipinski definition) is 6. The van der Waals surface area contributed by atoms with E-state index in [1.165, 1.54) is 13.3 Å². The molecule has 2 N–H and O–H groups in total. The fraction of sp³-hybridized carbons (Fsp3) is 0.294. The molecule has 1 amide bonds. The third-order valence-corrected chi connectivity index (χ3v) is 6.06. The highest BCUT2D eigenvalue weighted by Crippen LogP contribution is 2.28. The molecule has 26 heavy (non-hydrogen) atoms. The lowest BCUT2D eigenvalue weighted by atomic mass is 10.2. The summed E-state index contributed by atoms with van der Waals surface area (Å²) in [5.74, 6) is 0.244. The second kappa shape index (κ2) is 7.51. The molecule has 0 spiro atoms. The molecule has 0 radical (unpaired) electrons. The molecule has 138 valence electrons. The van der Waals surface area contributed by atoms with Crippen molar-refractivity contribution in [2.24, 2.45) is 0 Å². The number of carbonyl (C=O) groups excluding carboxylic acids is 1. The first-order chi connectivity index (χ1) is 12.4. The molecule has 1 aliphatic heterocycles. The molecule has 1 unspecified atom stereocenters. The average molecular weight is 396 g/mol. The number of sulfone groups is 1. The number of methoxy groups -OCH3 is 1. The van der Waals surface area contributed by atoms with E-state index in [4.69, 9.17) is 16.3 Å². The van der Waals surface area contributed by atoms with E-state index in [0.717, 1.165) is 5.69 Å². The van der Waals surface area contributed by atoms with Gasteiger partial charge in [-0.3, -0.25) is 9.78 Å². The molecule has 9 heteroatoms. The van der Waals surface area contributed by atoms with Gasteiger partial charge < -0.3 is 15.4 Å². The van der Waals surface area contributed by atoms with Crippen molar-refractivity contribution >= 4 is 38.7 Å². The van der Waals surface area contributed by atoms with Gasteiger partial charge in [-0.25, -0.2) is 8.42 Å². The first kappa shape index (κ1) is 18.5. The van der Waals surface area contributed by atoms with Crippen LogP contribution in [-0.2, 0) is 9.84 Å². The minimum atomic E-state index is -3.05. The Hall–Kier alpha value is -2.32. The van der Waals surface area contributed by atoms with Gasteiger partial charge >= 0.3 is 0 Å². The summed E-state index contributed by atoms with van der Waals surface area (Å²) in [4.78, 5) is 16.4. The largest absolute Gasteiger partial charge is 0.495 e. The number of amides is 1. The summed E-state index contributed by atoms with van der Waals surface area (Å²) in [6, 6.07) is 8.19. The van der Waals surface area contributed by atoms with Crippen LogP contribution in [-0.4, -0.2) is 44.0 Å². The van der Waals surface area contributed by atoms with Gasteiger partial charge in [-0.05, 0) is 36.8 Å². The molecule has 1 saturated heterocycles. The van der Waals surface area contributed by atoms with Gasteiger partial charge in [0, 0.05) is 23.6 Å². The van der Waals surface area contributed by atoms with Gasteiger partial charge in [0.25, 0.3) is 5.91 Å². The topological polar surface area (TPSA) is 97.4 Å². The van der Waals surface area contributed by atoms with Crippen LogP contribution in [0.15, 0.2) is 36.5 Å². The van der Waals surface area contributed by atoms with Crippen LogP contribution in [0.5, 0.6) is 5.75 Å². The van der Waals surface area contributed by atoms with E-state index in [1.54, 1.807) is 30.3 Å². The van der Waals surface area contributed by atoms with Gasteiger partial charge in [0.2, 0.25) is 0 Å². The van der Waals surface area contributed by atoms with Crippen LogP contribution in [0.3, 0.4) is 0 Å². The molecule has 1 fully saturated rings. The van der Waals surface area contributed by atoms with Crippen LogP contribution in [0.1, 0.15) is 16.9 Å². The number of anilines is 2. The standard InChI is InChI=1S/C17H18ClN3O4S/c1-25-16-3-2-11(8-14(16)18)20-12-4-6-19-15(9-12)17(22)21-13-5-7-26(23,24)10-13/h2-4,6,8-9,13H,5,7,10H2,1H3,(H,19,20)(H,21,22). The molecule has 1 aliphatic rings. The van der Waals surface area contributed by atoms with E-state index in [0.29, 0.717) is 22.9 Å². The fourth-order valence-corrected chi connectivity index (χ4v) is 4.64. The predicted molar refractivity (Wildman–Crippen MR) is 100 cm³/mol. The number of halogens is 1. The lowest BCUT2D eigenvalue weighted by molar-refractivity contribution is 0.0936. The van der Waals surface area contributed by atoms with Crippen molar-refractivity contribution in [2.75, 3.05) is 23.9 Å². The highest BCUT2D eigenvalue weighted by atomic mass is 35.5. The number of rotatable bonds is 5. The summed E-state index contributed by atoms with van der Waals surface area (Å²) in [6.07, 6.45) is 1.93. The first-order valence-electron chi connectivity index (χ1n) is 7.94. The maximum atomic E-state index is 12.3. The minimum absolute atomic E-state index is 0.0268. The van der Waals surface area contributed by atoms with Crippen LogP contribution in [0.4, 0.5) is 11.4 Å². The van der Waals surface area contributed by atoms with Gasteiger partial charge in [-0.1, -0.05) is 11.6 Å². The Labute approximate surface area is 156 Å². The quantitative estimate of drug-likeness (QED) is 0.806. The van der Waals surface area contributed by atoms with Crippen LogP contribution < -0.4 is 15.4 Å². The Balaban J connectivity index is 1.70. The average Bonchev–Trinajstić information content (AvgIpc) is 2.94. The number of aromatic nitrogens is 1. The Kier molecular flexibility index (Phi) is 5.33. The van der Waals surface area contributed by atoms with E-state index in [2.05, 4.69) is 15.6 Å². The van der Waals surface area contributed by atoms with Crippen molar-refractivity contribution in [1.82, 2.24) is 10.3 Å². The van der Waals surface area contributed by atoms with E-state index in [9.17, 15) is 13.2 Å². The number of nitrogens with one attached hydrogen (secondary N) is 2. The molecule has 0 saturated carbocycles. The number of pyridine rings is 1. The molecular weight excluding hydrogens is 378 g/mol. The Bertz CT molecular complexity index is 933. The number of carbonyl (C=O) groups is 1. The van der Waals surface area contributed by atoms with Crippen LogP contribution >= 0.6 is 11.6 Å². The van der Waals surface area contributed by atoms with Gasteiger partial charge in [0.15, 0.2) is 9.84 Å². The summed E-state index contributed by atoms with van der Waals surface area (Å²) in [6.45, 7) is 0. The lowest BCUT2D eigenvalue weighted by Gasteiger charge is -2.12. The van der Waals surface area contributed by atoms with Crippen molar-refractivity contribution in [3.8, 4) is 5.75 Å². The highest BCUT2D eigenvalue weighted by Gasteiger charge is 2.29. The van der Waals surface area contributed by atoms with Crippen molar-refractivity contribution < 1.29 is 17.9 Å². The number of ether oxygens (including phenoxy) is 1. The highest BCUT2D eigenvalue weighted by molar-refractivity contribution is 7.91. The second-order valence-electron chi connectivity index (χ2n) is 5.98. The lowest BCUT2D eigenvalue weighted by Crippen LogP contribution is -2.36. The summed E-state index contributed by atoms with van der Waals surface area (Å²) in [7, 11) is -1.51. The smallest absolute Gasteiger partial charge is 0.270 e. The third-order valence-electron chi connectivity index (χ3n) is 4.00. The minimum Gasteiger partial charge on any atom is -0.495 e. The second-order valence-corrected chi connectivity index (χ2v) is 8.61. The molecule has 3 rings (SSSR count). The molecule has 2 heterocycles. The molecular formula is C17H18ClN3O4S. The Morgan fingerprint density at radius 2 is 2.04 bits per heavy atom. The molecule has 1 atom stereocenters. The predicted octanol–water partition coefficient (Wildman–Crippen LogP) is 2.40. The zero-order valence-corrected chi connectivity index (χ0v) is 15.6.